The molecule has 5 nitrogen and oxygen atoms in total. The molecule has 1 amide bonds. The molecule has 0 spiro atoms. The lowest BCUT2D eigenvalue weighted by atomic mass is 10.0. The normalized spacial score (nSPS) is 16.2. The van der Waals surface area contributed by atoms with Crippen LogP contribution in [-0.4, -0.2) is 21.5 Å². The van der Waals surface area contributed by atoms with Gasteiger partial charge in [-0.2, -0.15) is 18.4 Å². The van der Waals surface area contributed by atoms with E-state index in [4.69, 9.17) is 29.7 Å². The number of halogens is 4. The summed E-state index contributed by atoms with van der Waals surface area (Å²) in [7, 11) is 0. The highest BCUT2D eigenvalue weighted by atomic mass is 32.1. The van der Waals surface area contributed by atoms with Crippen molar-refractivity contribution in [3.8, 4) is 6.07 Å². The second kappa shape index (κ2) is 7.14. The standard InChI is InChI=1S/C19H14F4N4OS2/c1-9-6-13(29)25-8-12(9)27-17(30)26(16(28)18(27,2)3)11-5-4-10(7-24)14(15(11)20)19(21,22)23/h4-6,8H,1-3H3,(H,25,29). The van der Waals surface area contributed by atoms with E-state index >= 15 is 0 Å². The van der Waals surface area contributed by atoms with Crippen molar-refractivity contribution in [1.82, 2.24) is 4.98 Å². The molecule has 0 bridgehead atoms. The lowest BCUT2D eigenvalue weighted by Crippen LogP contribution is -2.44. The number of nitrogens with zero attached hydrogens (tertiary/aromatic N) is 3. The van der Waals surface area contributed by atoms with Crippen LogP contribution in [0.1, 0.15) is 30.5 Å². The fourth-order valence-electron chi connectivity index (χ4n) is 3.33. The smallest absolute Gasteiger partial charge is 0.351 e. The first-order valence-electron chi connectivity index (χ1n) is 8.50. The maximum Gasteiger partial charge on any atom is 0.420 e. The van der Waals surface area contributed by atoms with E-state index in [1.165, 1.54) is 31.0 Å². The second-order valence-electron chi connectivity index (χ2n) is 7.11. The highest BCUT2D eigenvalue weighted by Crippen LogP contribution is 2.42. The Labute approximate surface area is 179 Å². The van der Waals surface area contributed by atoms with Gasteiger partial charge in [-0.15, -0.1) is 0 Å². The number of rotatable bonds is 2. The molecule has 3 rings (SSSR count). The average Bonchev–Trinajstić information content (AvgIpc) is 2.80. The van der Waals surface area contributed by atoms with E-state index in [1.54, 1.807) is 13.0 Å². The first-order valence-corrected chi connectivity index (χ1v) is 9.32. The predicted octanol–water partition coefficient (Wildman–Crippen LogP) is 5.00. The number of thiocarbonyl (C=S) groups is 1. The summed E-state index contributed by atoms with van der Waals surface area (Å²) in [5.41, 5.74) is -3.48. The fourth-order valence-corrected chi connectivity index (χ4v) is 4.07. The molecule has 2 heterocycles. The average molecular weight is 454 g/mol. The van der Waals surface area contributed by atoms with Crippen LogP contribution in [0.4, 0.5) is 28.9 Å². The summed E-state index contributed by atoms with van der Waals surface area (Å²) in [6, 6.07) is 4.73. The zero-order valence-corrected chi connectivity index (χ0v) is 17.5. The van der Waals surface area contributed by atoms with Gasteiger partial charge in [-0.25, -0.2) is 4.39 Å². The minimum absolute atomic E-state index is 0.199. The quantitative estimate of drug-likeness (QED) is 0.511. The van der Waals surface area contributed by atoms with E-state index in [-0.39, 0.29) is 5.11 Å². The number of pyridine rings is 1. The molecular weight excluding hydrogens is 440 g/mol. The minimum Gasteiger partial charge on any atom is -0.351 e. The first-order chi connectivity index (χ1) is 13.8. The van der Waals surface area contributed by atoms with Crippen molar-refractivity contribution in [1.29, 1.82) is 5.26 Å². The van der Waals surface area contributed by atoms with E-state index < -0.39 is 40.3 Å². The number of aromatic nitrogens is 1. The van der Waals surface area contributed by atoms with Crippen LogP contribution in [0.5, 0.6) is 0 Å². The van der Waals surface area contributed by atoms with Crippen LogP contribution in [-0.2, 0) is 11.0 Å². The number of carbonyl (C=O) groups excluding carboxylic acids is 1. The van der Waals surface area contributed by atoms with Crippen molar-refractivity contribution in [2.45, 2.75) is 32.5 Å². The third-order valence-electron chi connectivity index (χ3n) is 4.78. The Morgan fingerprint density at radius 2 is 1.83 bits per heavy atom. The topological polar surface area (TPSA) is 63.1 Å². The van der Waals surface area contributed by atoms with Crippen molar-refractivity contribution >= 4 is 46.8 Å². The van der Waals surface area contributed by atoms with E-state index in [2.05, 4.69) is 4.98 Å². The summed E-state index contributed by atoms with van der Waals surface area (Å²) in [5.74, 6) is -2.45. The number of hydrogen-bond acceptors (Lipinski definition) is 4. The van der Waals surface area contributed by atoms with E-state index in [0.717, 1.165) is 17.0 Å². The van der Waals surface area contributed by atoms with Crippen LogP contribution < -0.4 is 9.80 Å². The fraction of sp³-hybridized carbons (Fsp3) is 0.263. The monoisotopic (exact) mass is 454 g/mol. The molecule has 11 heteroatoms. The lowest BCUT2D eigenvalue weighted by molar-refractivity contribution is -0.140. The molecule has 0 radical (unpaired) electrons. The van der Waals surface area contributed by atoms with Crippen molar-refractivity contribution < 1.29 is 22.4 Å². The van der Waals surface area contributed by atoms with E-state index in [9.17, 15) is 22.4 Å². The first kappa shape index (κ1) is 21.9. The van der Waals surface area contributed by atoms with Gasteiger partial charge in [0.25, 0.3) is 5.91 Å². The number of carbonyl (C=O) groups is 1. The summed E-state index contributed by atoms with van der Waals surface area (Å²) in [6.07, 6.45) is -3.60. The third-order valence-corrected chi connectivity index (χ3v) is 5.38. The number of amides is 1. The minimum atomic E-state index is -5.13. The van der Waals surface area contributed by atoms with Gasteiger partial charge in [0.1, 0.15) is 15.7 Å². The number of nitrogens with one attached hydrogen (secondary N) is 1. The van der Waals surface area contributed by atoms with Crippen LogP contribution in [0.2, 0.25) is 0 Å². The summed E-state index contributed by atoms with van der Waals surface area (Å²) < 4.78 is 55.6. The second-order valence-corrected chi connectivity index (χ2v) is 7.92. The number of benzene rings is 1. The number of H-pyrrole nitrogens is 1. The van der Waals surface area contributed by atoms with Crippen LogP contribution in [0.15, 0.2) is 24.4 Å². The Balaban J connectivity index is 2.22. The highest BCUT2D eigenvalue weighted by molar-refractivity contribution is 7.81. The molecule has 0 unspecified atom stereocenters. The molecule has 1 aromatic carbocycles. The van der Waals surface area contributed by atoms with Crippen molar-refractivity contribution in [3.05, 3.63) is 51.5 Å². The summed E-state index contributed by atoms with van der Waals surface area (Å²) in [5, 5.41) is 8.75. The number of hydrogen-bond donors (Lipinski definition) is 1. The zero-order valence-electron chi connectivity index (χ0n) is 15.9. The number of aryl methyl sites for hydroxylation is 1. The number of alkyl halides is 3. The molecule has 1 N–H and O–H groups in total. The molecule has 156 valence electrons. The predicted molar refractivity (Wildman–Crippen MR) is 109 cm³/mol. The molecule has 1 saturated heterocycles. The Morgan fingerprint density at radius 1 is 1.20 bits per heavy atom. The van der Waals surface area contributed by atoms with Crippen LogP contribution in [0.25, 0.3) is 0 Å². The summed E-state index contributed by atoms with van der Waals surface area (Å²) in [4.78, 5) is 18.1. The van der Waals surface area contributed by atoms with Gasteiger partial charge in [0, 0.05) is 6.20 Å². The SMILES string of the molecule is Cc1cc(=S)[nH]cc1N1C(=S)N(c2ccc(C#N)c(C(F)(F)F)c2F)C(=O)C1(C)C. The molecule has 0 atom stereocenters. The van der Waals surface area contributed by atoms with E-state index in [0.29, 0.717) is 15.9 Å². The summed E-state index contributed by atoms with van der Waals surface area (Å²) >= 11 is 10.4. The number of aromatic amines is 1. The Morgan fingerprint density at radius 3 is 2.37 bits per heavy atom. The Kier molecular flexibility index (Phi) is 5.20. The Bertz CT molecular complexity index is 1180. The summed E-state index contributed by atoms with van der Waals surface area (Å²) in [6.45, 7) is 4.78. The van der Waals surface area contributed by atoms with Gasteiger partial charge < -0.3 is 9.88 Å². The largest absolute Gasteiger partial charge is 0.420 e. The molecule has 1 aliphatic rings. The lowest BCUT2D eigenvalue weighted by Gasteiger charge is -2.30. The maximum atomic E-state index is 15.0. The van der Waals surface area contributed by atoms with Crippen LogP contribution in [0, 0.1) is 28.7 Å². The van der Waals surface area contributed by atoms with Crippen LogP contribution >= 0.6 is 24.4 Å². The van der Waals surface area contributed by atoms with Gasteiger partial charge in [0.2, 0.25) is 0 Å². The molecule has 2 aromatic rings. The van der Waals surface area contributed by atoms with E-state index in [1.807, 2.05) is 0 Å². The van der Waals surface area contributed by atoms with Gasteiger partial charge in [0.05, 0.1) is 23.0 Å². The molecular formula is C19H14F4N4OS2. The molecule has 1 fully saturated rings. The van der Waals surface area contributed by atoms with Gasteiger partial charge in [-0.1, -0.05) is 12.2 Å². The molecule has 30 heavy (non-hydrogen) atoms. The maximum absolute atomic E-state index is 15.0. The van der Waals surface area contributed by atoms with Gasteiger partial charge in [-0.05, 0) is 56.8 Å². The molecule has 1 aliphatic heterocycles. The van der Waals surface area contributed by atoms with Crippen molar-refractivity contribution in [3.63, 3.8) is 0 Å². The zero-order chi connectivity index (χ0) is 22.6. The Hall–Kier alpha value is -2.84. The van der Waals surface area contributed by atoms with Gasteiger partial charge in [0.15, 0.2) is 10.9 Å². The number of anilines is 2. The highest BCUT2D eigenvalue weighted by Gasteiger charge is 2.52. The van der Waals surface area contributed by atoms with Crippen molar-refractivity contribution in [2.75, 3.05) is 9.80 Å². The third kappa shape index (κ3) is 3.26. The molecule has 0 saturated carbocycles. The van der Waals surface area contributed by atoms with Crippen molar-refractivity contribution in [2.24, 2.45) is 0 Å². The molecule has 0 aliphatic carbocycles. The number of nitriles is 1. The molecule has 1 aromatic heterocycles. The van der Waals surface area contributed by atoms with Gasteiger partial charge in [-0.3, -0.25) is 9.69 Å². The van der Waals surface area contributed by atoms with Crippen LogP contribution in [0.3, 0.4) is 0 Å². The van der Waals surface area contributed by atoms with Gasteiger partial charge >= 0.3 is 6.18 Å².